The first kappa shape index (κ1) is 16.5. The molecule has 0 spiro atoms. The first-order valence-corrected chi connectivity index (χ1v) is 8.09. The average molecular weight is 346 g/mol. The number of halogens is 1. The van der Waals surface area contributed by atoms with Gasteiger partial charge in [0.15, 0.2) is 0 Å². The molecule has 1 aliphatic carbocycles. The van der Waals surface area contributed by atoms with Gasteiger partial charge in [0.25, 0.3) is 10.1 Å². The lowest BCUT2D eigenvalue weighted by atomic mass is 10.0. The molecule has 0 radical (unpaired) electrons. The number of hydrogen-bond acceptors (Lipinski definition) is 7. The standard InChI is InChI=1S/C12H12ClN3O5S/c1-2-21-22(19,20)11-4-3-9(13)5-10(11)8-6-14-12(15-7-8)16(17)18/h5-7H,2-4H2,1H3. The van der Waals surface area contributed by atoms with Gasteiger partial charge in [-0.1, -0.05) is 21.6 Å². The lowest BCUT2D eigenvalue weighted by Gasteiger charge is -2.16. The SMILES string of the molecule is CCOS(=O)(=O)C1=C(c2cnc([N+](=O)[O-])nc2)C=C(Cl)CC1. The molecule has 1 aromatic rings. The molecule has 0 bridgehead atoms. The van der Waals surface area contributed by atoms with Gasteiger partial charge in [-0.25, -0.2) is 0 Å². The van der Waals surface area contributed by atoms with Gasteiger partial charge in [-0.05, 0) is 30.8 Å². The Morgan fingerprint density at radius 1 is 1.36 bits per heavy atom. The summed E-state index contributed by atoms with van der Waals surface area (Å²) in [6.07, 6.45) is 4.42. The number of allylic oxidation sites excluding steroid dienone is 4. The molecule has 118 valence electrons. The van der Waals surface area contributed by atoms with Crippen molar-refractivity contribution in [2.24, 2.45) is 0 Å². The number of rotatable bonds is 5. The van der Waals surface area contributed by atoms with Crippen LogP contribution in [0.2, 0.25) is 0 Å². The number of nitro groups is 1. The molecule has 1 heterocycles. The zero-order chi connectivity index (χ0) is 16.3. The quantitative estimate of drug-likeness (QED) is 0.457. The summed E-state index contributed by atoms with van der Waals surface area (Å²) in [5, 5.41) is 11.0. The highest BCUT2D eigenvalue weighted by atomic mass is 35.5. The summed E-state index contributed by atoms with van der Waals surface area (Å²) in [4.78, 5) is 17.1. The lowest BCUT2D eigenvalue weighted by molar-refractivity contribution is -0.394. The van der Waals surface area contributed by atoms with E-state index in [1.807, 2.05) is 0 Å². The lowest BCUT2D eigenvalue weighted by Crippen LogP contribution is -2.13. The minimum atomic E-state index is -3.89. The smallest absolute Gasteiger partial charge is 0.390 e. The van der Waals surface area contributed by atoms with Crippen molar-refractivity contribution in [3.8, 4) is 0 Å². The van der Waals surface area contributed by atoms with E-state index in [1.165, 1.54) is 18.5 Å². The fourth-order valence-electron chi connectivity index (χ4n) is 1.96. The van der Waals surface area contributed by atoms with Crippen LogP contribution in [0.3, 0.4) is 0 Å². The van der Waals surface area contributed by atoms with Gasteiger partial charge < -0.3 is 10.1 Å². The van der Waals surface area contributed by atoms with Crippen LogP contribution in [0.4, 0.5) is 5.95 Å². The molecule has 1 aliphatic rings. The van der Waals surface area contributed by atoms with Crippen LogP contribution in [-0.2, 0) is 14.3 Å². The second-order valence-corrected chi connectivity index (χ2v) is 6.44. The van der Waals surface area contributed by atoms with Crippen molar-refractivity contribution in [3.05, 3.63) is 44.1 Å². The molecule has 0 N–H and O–H groups in total. The predicted octanol–water partition coefficient (Wildman–Crippen LogP) is 2.38. The normalized spacial score (nSPS) is 15.6. The Morgan fingerprint density at radius 3 is 2.55 bits per heavy atom. The molecular weight excluding hydrogens is 334 g/mol. The van der Waals surface area contributed by atoms with Crippen molar-refractivity contribution in [2.75, 3.05) is 6.61 Å². The van der Waals surface area contributed by atoms with Crippen molar-refractivity contribution < 1.29 is 17.5 Å². The Kier molecular flexibility index (Phi) is 4.89. The Labute approximate surface area is 131 Å². The fourth-order valence-corrected chi connectivity index (χ4v) is 3.42. The van der Waals surface area contributed by atoms with Gasteiger partial charge in [-0.2, -0.15) is 8.42 Å². The molecule has 0 fully saturated rings. The van der Waals surface area contributed by atoms with Crippen LogP contribution in [0, 0.1) is 10.1 Å². The van der Waals surface area contributed by atoms with Crippen LogP contribution in [0.15, 0.2) is 28.4 Å². The van der Waals surface area contributed by atoms with Crippen LogP contribution in [0.5, 0.6) is 0 Å². The zero-order valence-corrected chi connectivity index (χ0v) is 13.1. The van der Waals surface area contributed by atoms with Crippen molar-refractivity contribution >= 4 is 33.2 Å². The maximum atomic E-state index is 12.1. The van der Waals surface area contributed by atoms with E-state index < -0.39 is 21.0 Å². The summed E-state index contributed by atoms with van der Waals surface area (Å²) in [6.45, 7) is 1.58. The van der Waals surface area contributed by atoms with E-state index in [0.29, 0.717) is 22.6 Å². The maximum Gasteiger partial charge on any atom is 0.468 e. The van der Waals surface area contributed by atoms with E-state index in [9.17, 15) is 18.5 Å². The highest BCUT2D eigenvalue weighted by molar-refractivity contribution is 7.90. The minimum Gasteiger partial charge on any atom is -0.390 e. The van der Waals surface area contributed by atoms with Crippen LogP contribution < -0.4 is 0 Å². The van der Waals surface area contributed by atoms with Crippen LogP contribution in [0.25, 0.3) is 5.57 Å². The number of hydrogen-bond donors (Lipinski definition) is 0. The molecule has 22 heavy (non-hydrogen) atoms. The summed E-state index contributed by atoms with van der Waals surface area (Å²) < 4.78 is 29.1. The first-order chi connectivity index (χ1) is 10.3. The summed E-state index contributed by atoms with van der Waals surface area (Å²) in [6, 6.07) is 0. The maximum absolute atomic E-state index is 12.1. The van der Waals surface area contributed by atoms with Crippen LogP contribution in [-0.4, -0.2) is 29.9 Å². The van der Waals surface area contributed by atoms with Gasteiger partial charge in [0.05, 0.1) is 17.1 Å². The van der Waals surface area contributed by atoms with Gasteiger partial charge >= 0.3 is 5.95 Å². The van der Waals surface area contributed by atoms with Crippen molar-refractivity contribution in [2.45, 2.75) is 19.8 Å². The van der Waals surface area contributed by atoms with E-state index in [-0.39, 0.29) is 17.9 Å². The molecule has 8 nitrogen and oxygen atoms in total. The Bertz CT molecular complexity index is 755. The second kappa shape index (κ2) is 6.51. The van der Waals surface area contributed by atoms with Crippen LogP contribution in [0.1, 0.15) is 25.3 Å². The summed E-state index contributed by atoms with van der Waals surface area (Å²) in [7, 11) is -3.89. The number of nitrogens with zero attached hydrogens (tertiary/aromatic N) is 3. The van der Waals surface area contributed by atoms with Gasteiger partial charge in [0.1, 0.15) is 12.4 Å². The third-order valence-corrected chi connectivity index (χ3v) is 4.75. The van der Waals surface area contributed by atoms with Crippen LogP contribution >= 0.6 is 11.6 Å². The molecule has 10 heteroatoms. The molecule has 0 aromatic carbocycles. The third-order valence-electron chi connectivity index (χ3n) is 2.88. The van der Waals surface area contributed by atoms with Gasteiger partial charge in [-0.3, -0.25) is 4.18 Å². The molecule has 0 unspecified atom stereocenters. The van der Waals surface area contributed by atoms with Gasteiger partial charge in [0.2, 0.25) is 0 Å². The highest BCUT2D eigenvalue weighted by Gasteiger charge is 2.27. The molecule has 0 amide bonds. The molecule has 1 aromatic heterocycles. The topological polar surface area (TPSA) is 112 Å². The van der Waals surface area contributed by atoms with E-state index in [1.54, 1.807) is 6.92 Å². The monoisotopic (exact) mass is 345 g/mol. The molecule has 0 aliphatic heterocycles. The summed E-state index contributed by atoms with van der Waals surface area (Å²) >= 11 is 5.98. The Balaban J connectivity index is 2.55. The van der Waals surface area contributed by atoms with Crippen molar-refractivity contribution in [1.29, 1.82) is 0 Å². The van der Waals surface area contributed by atoms with E-state index in [0.717, 1.165) is 0 Å². The van der Waals surface area contributed by atoms with Gasteiger partial charge in [-0.15, -0.1) is 0 Å². The minimum absolute atomic E-state index is 0.00726. The third kappa shape index (κ3) is 3.49. The summed E-state index contributed by atoms with van der Waals surface area (Å²) in [5.74, 6) is -0.565. The largest absolute Gasteiger partial charge is 0.468 e. The molecule has 0 saturated heterocycles. The summed E-state index contributed by atoms with van der Waals surface area (Å²) in [5.41, 5.74) is 0.612. The van der Waals surface area contributed by atoms with Crippen molar-refractivity contribution in [1.82, 2.24) is 9.97 Å². The second-order valence-electron chi connectivity index (χ2n) is 4.32. The molecule has 0 saturated carbocycles. The zero-order valence-electron chi connectivity index (χ0n) is 11.5. The fraction of sp³-hybridized carbons (Fsp3) is 0.333. The molecule has 0 atom stereocenters. The molecule has 2 rings (SSSR count). The predicted molar refractivity (Wildman–Crippen MR) is 79.3 cm³/mol. The van der Waals surface area contributed by atoms with E-state index in [2.05, 4.69) is 9.97 Å². The van der Waals surface area contributed by atoms with Gasteiger partial charge in [0, 0.05) is 10.6 Å². The highest BCUT2D eigenvalue weighted by Crippen LogP contribution is 2.35. The van der Waals surface area contributed by atoms with E-state index >= 15 is 0 Å². The number of aromatic nitrogens is 2. The Hall–Kier alpha value is -1.84. The van der Waals surface area contributed by atoms with E-state index in [4.69, 9.17) is 15.8 Å². The Morgan fingerprint density at radius 2 is 2.00 bits per heavy atom. The van der Waals surface area contributed by atoms with Crippen molar-refractivity contribution in [3.63, 3.8) is 0 Å². The first-order valence-electron chi connectivity index (χ1n) is 6.30. The average Bonchev–Trinajstić information content (AvgIpc) is 2.47. The molecular formula is C12H12ClN3O5S.